The lowest BCUT2D eigenvalue weighted by molar-refractivity contribution is 0.0945. The molecule has 2 atom stereocenters. The van der Waals surface area contributed by atoms with Crippen molar-refractivity contribution in [1.29, 1.82) is 0 Å². The van der Waals surface area contributed by atoms with E-state index in [4.69, 9.17) is 0 Å². The van der Waals surface area contributed by atoms with Gasteiger partial charge in [0, 0.05) is 13.6 Å². The minimum absolute atomic E-state index is 0.144. The number of amides is 1. The van der Waals surface area contributed by atoms with Gasteiger partial charge in [-0.3, -0.25) is 4.79 Å². The molecule has 0 aliphatic heterocycles. The number of aromatic nitrogens is 2. The van der Waals surface area contributed by atoms with E-state index in [1.165, 1.54) is 6.42 Å². The van der Waals surface area contributed by atoms with Crippen LogP contribution in [0.1, 0.15) is 23.8 Å². The zero-order valence-corrected chi connectivity index (χ0v) is 9.53. The Labute approximate surface area is 94.6 Å². The van der Waals surface area contributed by atoms with Gasteiger partial charge in [0.2, 0.25) is 0 Å². The van der Waals surface area contributed by atoms with Gasteiger partial charge in [-0.2, -0.15) is 0 Å². The smallest absolute Gasteiger partial charge is 0.271 e. The summed E-state index contributed by atoms with van der Waals surface area (Å²) in [4.78, 5) is 11.6. The number of nitrogens with zero attached hydrogens (tertiary/aromatic N) is 2. The van der Waals surface area contributed by atoms with E-state index in [2.05, 4.69) is 27.8 Å². The molecule has 2 unspecified atom stereocenters. The van der Waals surface area contributed by atoms with E-state index in [-0.39, 0.29) is 5.91 Å². The van der Waals surface area contributed by atoms with E-state index in [0.717, 1.165) is 12.5 Å². The van der Waals surface area contributed by atoms with Crippen LogP contribution in [-0.4, -0.2) is 29.7 Å². The molecule has 0 bridgehead atoms. The largest absolute Gasteiger partial charge is 0.372 e. The molecule has 5 heteroatoms. The Morgan fingerprint density at radius 1 is 1.50 bits per heavy atom. The summed E-state index contributed by atoms with van der Waals surface area (Å²) in [6, 6.07) is 3.41. The number of rotatable bonds is 4. The predicted molar refractivity (Wildman–Crippen MR) is 61.2 cm³/mol. The minimum atomic E-state index is -0.144. The molecule has 1 aromatic heterocycles. The predicted octanol–water partition coefficient (Wildman–Crippen LogP) is 0.904. The molecule has 2 rings (SSSR count). The summed E-state index contributed by atoms with van der Waals surface area (Å²) < 4.78 is 0. The van der Waals surface area contributed by atoms with E-state index >= 15 is 0 Å². The molecule has 0 saturated heterocycles. The first-order chi connectivity index (χ1) is 7.70. The van der Waals surface area contributed by atoms with Gasteiger partial charge in [-0.25, -0.2) is 0 Å². The number of carbonyl (C=O) groups excluding carboxylic acids is 1. The molecule has 1 aromatic rings. The molecule has 1 heterocycles. The molecule has 1 amide bonds. The Balaban J connectivity index is 1.87. The van der Waals surface area contributed by atoms with Gasteiger partial charge in [0.1, 0.15) is 5.82 Å². The second-order valence-corrected chi connectivity index (χ2v) is 4.24. The summed E-state index contributed by atoms with van der Waals surface area (Å²) >= 11 is 0. The Hall–Kier alpha value is -1.65. The molecule has 1 saturated carbocycles. The van der Waals surface area contributed by atoms with Crippen molar-refractivity contribution in [2.45, 2.75) is 13.3 Å². The third-order valence-corrected chi connectivity index (χ3v) is 2.95. The highest BCUT2D eigenvalue weighted by Crippen LogP contribution is 2.36. The second-order valence-electron chi connectivity index (χ2n) is 4.24. The van der Waals surface area contributed by atoms with E-state index in [9.17, 15) is 4.79 Å². The number of nitrogens with one attached hydrogen (secondary N) is 2. The van der Waals surface area contributed by atoms with E-state index < -0.39 is 0 Å². The minimum Gasteiger partial charge on any atom is -0.372 e. The second kappa shape index (κ2) is 4.47. The number of carbonyl (C=O) groups is 1. The van der Waals surface area contributed by atoms with Gasteiger partial charge in [-0.1, -0.05) is 6.92 Å². The van der Waals surface area contributed by atoms with Crippen LogP contribution in [0.2, 0.25) is 0 Å². The van der Waals surface area contributed by atoms with Crippen molar-refractivity contribution in [2.75, 3.05) is 18.9 Å². The summed E-state index contributed by atoms with van der Waals surface area (Å²) in [5.74, 6) is 1.91. The fourth-order valence-corrected chi connectivity index (χ4v) is 1.58. The van der Waals surface area contributed by atoms with Crippen molar-refractivity contribution in [3.8, 4) is 0 Å². The zero-order chi connectivity index (χ0) is 11.5. The van der Waals surface area contributed by atoms with Gasteiger partial charge < -0.3 is 10.6 Å². The lowest BCUT2D eigenvalue weighted by Gasteiger charge is -2.03. The molecule has 86 valence electrons. The fraction of sp³-hybridized carbons (Fsp3) is 0.545. The number of anilines is 1. The maximum Gasteiger partial charge on any atom is 0.271 e. The SMILES string of the molecule is CNc1ccc(C(=O)NCC2CC2C)nn1. The van der Waals surface area contributed by atoms with Crippen LogP contribution < -0.4 is 10.6 Å². The lowest BCUT2D eigenvalue weighted by atomic mass is 10.3. The third kappa shape index (κ3) is 2.48. The van der Waals surface area contributed by atoms with Crippen LogP contribution in [0.4, 0.5) is 5.82 Å². The van der Waals surface area contributed by atoms with Crippen LogP contribution in [-0.2, 0) is 0 Å². The quantitative estimate of drug-likeness (QED) is 0.791. The van der Waals surface area contributed by atoms with E-state index in [1.807, 2.05) is 0 Å². The average molecular weight is 220 g/mol. The molecule has 0 spiro atoms. The van der Waals surface area contributed by atoms with Gasteiger partial charge >= 0.3 is 0 Å². The topological polar surface area (TPSA) is 66.9 Å². The lowest BCUT2D eigenvalue weighted by Crippen LogP contribution is -2.27. The molecule has 1 aliphatic rings. The highest BCUT2D eigenvalue weighted by atomic mass is 16.1. The number of hydrogen-bond donors (Lipinski definition) is 2. The zero-order valence-electron chi connectivity index (χ0n) is 9.53. The maximum atomic E-state index is 11.6. The molecule has 16 heavy (non-hydrogen) atoms. The van der Waals surface area contributed by atoms with Gasteiger partial charge in [0.25, 0.3) is 5.91 Å². The highest BCUT2D eigenvalue weighted by molar-refractivity contribution is 5.92. The molecule has 5 nitrogen and oxygen atoms in total. The summed E-state index contributed by atoms with van der Waals surface area (Å²) in [5.41, 5.74) is 0.368. The summed E-state index contributed by atoms with van der Waals surface area (Å²) in [5, 5.41) is 13.4. The number of hydrogen-bond acceptors (Lipinski definition) is 4. The molecular weight excluding hydrogens is 204 g/mol. The molecule has 1 fully saturated rings. The van der Waals surface area contributed by atoms with Gasteiger partial charge in [0.05, 0.1) is 0 Å². The molecule has 0 radical (unpaired) electrons. The van der Waals surface area contributed by atoms with Crippen LogP contribution in [0, 0.1) is 11.8 Å². The van der Waals surface area contributed by atoms with Crippen molar-refractivity contribution in [3.05, 3.63) is 17.8 Å². The third-order valence-electron chi connectivity index (χ3n) is 2.95. The monoisotopic (exact) mass is 220 g/mol. The first kappa shape index (κ1) is 10.9. The van der Waals surface area contributed by atoms with Crippen molar-refractivity contribution in [1.82, 2.24) is 15.5 Å². The average Bonchev–Trinajstić information content (AvgIpc) is 3.02. The standard InChI is InChI=1S/C11H16N4O/c1-7-5-8(7)6-13-11(16)9-3-4-10(12-2)15-14-9/h3-4,7-8H,5-6H2,1-2H3,(H,12,15)(H,13,16). The molecule has 1 aliphatic carbocycles. The Morgan fingerprint density at radius 3 is 2.75 bits per heavy atom. The van der Waals surface area contributed by atoms with Crippen LogP contribution in [0.5, 0.6) is 0 Å². The van der Waals surface area contributed by atoms with Gasteiger partial charge in [-0.15, -0.1) is 10.2 Å². The Kier molecular flexibility index (Phi) is 3.03. The van der Waals surface area contributed by atoms with E-state index in [0.29, 0.717) is 17.4 Å². The van der Waals surface area contributed by atoms with Gasteiger partial charge in [0.15, 0.2) is 5.69 Å². The first-order valence-electron chi connectivity index (χ1n) is 5.50. The normalized spacial score (nSPS) is 22.6. The van der Waals surface area contributed by atoms with Crippen LogP contribution in [0.15, 0.2) is 12.1 Å². The molecule has 0 aromatic carbocycles. The summed E-state index contributed by atoms with van der Waals surface area (Å²) in [6.07, 6.45) is 1.21. The Morgan fingerprint density at radius 2 is 2.25 bits per heavy atom. The molecule has 2 N–H and O–H groups in total. The summed E-state index contributed by atoms with van der Waals surface area (Å²) in [6.45, 7) is 2.94. The van der Waals surface area contributed by atoms with Crippen molar-refractivity contribution in [3.63, 3.8) is 0 Å². The van der Waals surface area contributed by atoms with Crippen LogP contribution >= 0.6 is 0 Å². The fourth-order valence-electron chi connectivity index (χ4n) is 1.58. The van der Waals surface area contributed by atoms with Crippen molar-refractivity contribution in [2.24, 2.45) is 11.8 Å². The summed E-state index contributed by atoms with van der Waals surface area (Å²) in [7, 11) is 1.76. The van der Waals surface area contributed by atoms with Crippen LogP contribution in [0.25, 0.3) is 0 Å². The molecular formula is C11H16N4O. The first-order valence-corrected chi connectivity index (χ1v) is 5.50. The van der Waals surface area contributed by atoms with E-state index in [1.54, 1.807) is 19.2 Å². The maximum absolute atomic E-state index is 11.6. The van der Waals surface area contributed by atoms with Crippen molar-refractivity contribution < 1.29 is 4.79 Å². The van der Waals surface area contributed by atoms with Crippen molar-refractivity contribution >= 4 is 11.7 Å². The van der Waals surface area contributed by atoms with Crippen LogP contribution in [0.3, 0.4) is 0 Å². The highest BCUT2D eigenvalue weighted by Gasteiger charge is 2.32. The van der Waals surface area contributed by atoms with Gasteiger partial charge in [-0.05, 0) is 30.4 Å². The Bertz CT molecular complexity index is 376.